The van der Waals surface area contributed by atoms with Crippen molar-refractivity contribution < 1.29 is 9.18 Å². The highest BCUT2D eigenvalue weighted by Crippen LogP contribution is 2.34. The Morgan fingerprint density at radius 2 is 2.05 bits per heavy atom. The first-order chi connectivity index (χ1) is 10.6. The van der Waals surface area contributed by atoms with Crippen molar-refractivity contribution in [1.82, 2.24) is 5.32 Å². The zero-order valence-electron chi connectivity index (χ0n) is 12.7. The Labute approximate surface area is 130 Å². The van der Waals surface area contributed by atoms with E-state index in [1.54, 1.807) is 12.1 Å². The Kier molecular flexibility index (Phi) is 3.97. The summed E-state index contributed by atoms with van der Waals surface area (Å²) in [5.41, 5.74) is 2.88. The van der Waals surface area contributed by atoms with E-state index in [1.807, 2.05) is 12.1 Å². The summed E-state index contributed by atoms with van der Waals surface area (Å²) < 4.78 is 13.2. The number of carbonyl (C=O) groups excluding carboxylic acids is 1. The van der Waals surface area contributed by atoms with Crippen molar-refractivity contribution in [2.45, 2.75) is 38.1 Å². The van der Waals surface area contributed by atoms with Crippen molar-refractivity contribution in [1.29, 1.82) is 0 Å². The third kappa shape index (κ3) is 3.03. The maximum absolute atomic E-state index is 13.2. The number of rotatable bonds is 3. The minimum Gasteiger partial charge on any atom is -0.347 e. The molecule has 1 atom stereocenters. The van der Waals surface area contributed by atoms with E-state index in [0.717, 1.165) is 19.3 Å². The lowest BCUT2D eigenvalue weighted by Gasteiger charge is -2.37. The highest BCUT2D eigenvalue weighted by Gasteiger charge is 2.32. The van der Waals surface area contributed by atoms with Gasteiger partial charge in [-0.2, -0.15) is 0 Å². The van der Waals surface area contributed by atoms with E-state index in [-0.39, 0.29) is 23.7 Å². The van der Waals surface area contributed by atoms with Gasteiger partial charge in [0.25, 0.3) is 0 Å². The third-order valence-corrected chi connectivity index (χ3v) is 4.40. The summed E-state index contributed by atoms with van der Waals surface area (Å²) in [7, 11) is 0. The number of benzene rings is 2. The molecule has 1 aliphatic rings. The lowest BCUT2D eigenvalue weighted by atomic mass is 9.77. The zero-order chi connectivity index (χ0) is 15.6. The Hall–Kier alpha value is -2.16. The molecule has 2 nitrogen and oxygen atoms in total. The van der Waals surface area contributed by atoms with Crippen molar-refractivity contribution in [3.63, 3.8) is 0 Å². The number of aryl methyl sites for hydroxylation is 1. The van der Waals surface area contributed by atoms with Gasteiger partial charge in [0, 0.05) is 0 Å². The van der Waals surface area contributed by atoms with Crippen LogP contribution in [0, 0.1) is 5.82 Å². The summed E-state index contributed by atoms with van der Waals surface area (Å²) in [6.07, 6.45) is 3.26. The topological polar surface area (TPSA) is 29.1 Å². The van der Waals surface area contributed by atoms with Crippen LogP contribution in [0.2, 0.25) is 0 Å². The average molecular weight is 297 g/mol. The standard InChI is InChI=1S/C19H20FNO/c1-19(11-5-8-15-7-2-3-10-17(15)19)21-18(22)13-14-6-4-9-16(20)12-14/h2-4,6-7,9-10,12H,5,8,11,13H2,1H3,(H,21,22)/t19-/m0/s1. The molecule has 0 saturated heterocycles. The summed E-state index contributed by atoms with van der Waals surface area (Å²) in [4.78, 5) is 12.4. The van der Waals surface area contributed by atoms with Gasteiger partial charge in [-0.1, -0.05) is 36.4 Å². The van der Waals surface area contributed by atoms with Gasteiger partial charge in [-0.05, 0) is 55.0 Å². The first kappa shape index (κ1) is 14.8. The molecule has 0 heterocycles. The van der Waals surface area contributed by atoms with Crippen molar-refractivity contribution in [3.8, 4) is 0 Å². The first-order valence-electron chi connectivity index (χ1n) is 7.71. The van der Waals surface area contributed by atoms with Crippen LogP contribution in [0.25, 0.3) is 0 Å². The van der Waals surface area contributed by atoms with Crippen LogP contribution in [0.1, 0.15) is 36.5 Å². The number of hydrogen-bond acceptors (Lipinski definition) is 1. The van der Waals surface area contributed by atoms with Crippen LogP contribution in [0.4, 0.5) is 4.39 Å². The van der Waals surface area contributed by atoms with Gasteiger partial charge < -0.3 is 5.32 Å². The molecule has 0 unspecified atom stereocenters. The highest BCUT2D eigenvalue weighted by molar-refractivity contribution is 5.79. The van der Waals surface area contributed by atoms with Crippen LogP contribution >= 0.6 is 0 Å². The molecule has 1 N–H and O–H groups in total. The summed E-state index contributed by atoms with van der Waals surface area (Å²) >= 11 is 0. The maximum Gasteiger partial charge on any atom is 0.225 e. The lowest BCUT2D eigenvalue weighted by Crippen LogP contribution is -2.46. The van der Waals surface area contributed by atoms with Crippen LogP contribution < -0.4 is 5.32 Å². The molecule has 0 bridgehead atoms. The molecule has 1 amide bonds. The van der Waals surface area contributed by atoms with E-state index < -0.39 is 0 Å². The van der Waals surface area contributed by atoms with Crippen LogP contribution in [-0.2, 0) is 23.2 Å². The Morgan fingerprint density at radius 1 is 1.23 bits per heavy atom. The molecule has 114 valence electrons. The number of fused-ring (bicyclic) bond motifs is 1. The Morgan fingerprint density at radius 3 is 2.86 bits per heavy atom. The fourth-order valence-electron chi connectivity index (χ4n) is 3.36. The first-order valence-corrected chi connectivity index (χ1v) is 7.71. The second-order valence-corrected chi connectivity index (χ2v) is 6.20. The molecule has 2 aromatic carbocycles. The smallest absolute Gasteiger partial charge is 0.225 e. The molecule has 0 saturated carbocycles. The van der Waals surface area contributed by atoms with E-state index >= 15 is 0 Å². The largest absolute Gasteiger partial charge is 0.347 e. The molecule has 22 heavy (non-hydrogen) atoms. The van der Waals surface area contributed by atoms with Gasteiger partial charge in [-0.15, -0.1) is 0 Å². The molecule has 0 radical (unpaired) electrons. The van der Waals surface area contributed by atoms with Crippen LogP contribution in [0.5, 0.6) is 0 Å². The molecule has 0 aliphatic heterocycles. The number of carbonyl (C=O) groups is 1. The summed E-state index contributed by atoms with van der Waals surface area (Å²) in [5.74, 6) is -0.371. The van der Waals surface area contributed by atoms with Gasteiger partial charge in [0.05, 0.1) is 12.0 Å². The molecular weight excluding hydrogens is 277 g/mol. The summed E-state index contributed by atoms with van der Waals surface area (Å²) in [6.45, 7) is 2.08. The Bertz CT molecular complexity index is 697. The molecule has 2 aromatic rings. The highest BCUT2D eigenvalue weighted by atomic mass is 19.1. The Balaban J connectivity index is 1.76. The number of amides is 1. The van der Waals surface area contributed by atoms with E-state index in [2.05, 4.69) is 24.4 Å². The molecule has 0 aromatic heterocycles. The van der Waals surface area contributed by atoms with Crippen LogP contribution in [0.3, 0.4) is 0 Å². The molecular formula is C19H20FNO. The van der Waals surface area contributed by atoms with Gasteiger partial charge >= 0.3 is 0 Å². The number of hydrogen-bond donors (Lipinski definition) is 1. The molecule has 3 rings (SSSR count). The van der Waals surface area contributed by atoms with Gasteiger partial charge in [-0.25, -0.2) is 4.39 Å². The van der Waals surface area contributed by atoms with Crippen molar-refractivity contribution in [2.24, 2.45) is 0 Å². The quantitative estimate of drug-likeness (QED) is 0.919. The SMILES string of the molecule is C[C@]1(NC(=O)Cc2cccc(F)c2)CCCc2ccccc21. The fourth-order valence-corrected chi connectivity index (χ4v) is 3.36. The third-order valence-electron chi connectivity index (χ3n) is 4.40. The second-order valence-electron chi connectivity index (χ2n) is 6.20. The summed E-state index contributed by atoms with van der Waals surface area (Å²) in [6, 6.07) is 14.5. The van der Waals surface area contributed by atoms with Gasteiger partial charge in [-0.3, -0.25) is 4.79 Å². The van der Waals surface area contributed by atoms with Crippen LogP contribution in [0.15, 0.2) is 48.5 Å². The van der Waals surface area contributed by atoms with Gasteiger partial charge in [0.2, 0.25) is 5.91 Å². The van der Waals surface area contributed by atoms with E-state index in [1.165, 1.54) is 23.3 Å². The van der Waals surface area contributed by atoms with Gasteiger partial charge in [0.15, 0.2) is 0 Å². The normalized spacial score (nSPS) is 20.3. The molecule has 3 heteroatoms. The van der Waals surface area contributed by atoms with Crippen molar-refractivity contribution in [3.05, 3.63) is 71.0 Å². The lowest BCUT2D eigenvalue weighted by molar-refractivity contribution is -0.122. The molecule has 0 spiro atoms. The van der Waals surface area contributed by atoms with Crippen molar-refractivity contribution >= 4 is 5.91 Å². The molecule has 0 fully saturated rings. The maximum atomic E-state index is 13.2. The minimum absolute atomic E-state index is 0.0650. The predicted octanol–water partition coefficient (Wildman–Crippen LogP) is 3.74. The van der Waals surface area contributed by atoms with E-state index in [4.69, 9.17) is 0 Å². The fraction of sp³-hybridized carbons (Fsp3) is 0.316. The minimum atomic E-state index is -0.334. The number of halogens is 1. The zero-order valence-corrected chi connectivity index (χ0v) is 12.7. The van der Waals surface area contributed by atoms with E-state index in [0.29, 0.717) is 5.56 Å². The van der Waals surface area contributed by atoms with Crippen LogP contribution in [-0.4, -0.2) is 5.91 Å². The number of nitrogens with one attached hydrogen (secondary N) is 1. The van der Waals surface area contributed by atoms with Crippen molar-refractivity contribution in [2.75, 3.05) is 0 Å². The summed E-state index contributed by atoms with van der Waals surface area (Å²) in [5, 5.41) is 3.16. The predicted molar refractivity (Wildman–Crippen MR) is 85.0 cm³/mol. The second kappa shape index (κ2) is 5.91. The molecule has 1 aliphatic carbocycles. The monoisotopic (exact) mass is 297 g/mol. The van der Waals surface area contributed by atoms with E-state index in [9.17, 15) is 9.18 Å². The average Bonchev–Trinajstić information content (AvgIpc) is 2.47. The van der Waals surface area contributed by atoms with Gasteiger partial charge in [0.1, 0.15) is 5.82 Å².